The molecular weight excluding hydrogens is 434 g/mol. The summed E-state index contributed by atoms with van der Waals surface area (Å²) in [6.45, 7) is 6.79. The molecule has 4 rings (SSSR count). The van der Waals surface area contributed by atoms with Crippen molar-refractivity contribution < 1.29 is 14.3 Å². The van der Waals surface area contributed by atoms with Crippen LogP contribution in [0.25, 0.3) is 0 Å². The summed E-state index contributed by atoms with van der Waals surface area (Å²) in [4.78, 5) is 31.5. The number of hydrogen-bond acceptors (Lipinski definition) is 5. The van der Waals surface area contributed by atoms with Crippen LogP contribution in [-0.2, 0) is 12.8 Å². The Morgan fingerprint density at radius 1 is 1.09 bits per heavy atom. The zero-order valence-electron chi connectivity index (χ0n) is 19.4. The summed E-state index contributed by atoms with van der Waals surface area (Å²) in [6.07, 6.45) is 5.90. The quantitative estimate of drug-likeness (QED) is 0.501. The number of benzene rings is 1. The molecule has 3 aromatic rings. The van der Waals surface area contributed by atoms with Gasteiger partial charge in [-0.25, -0.2) is 0 Å². The van der Waals surface area contributed by atoms with E-state index in [1.54, 1.807) is 49.7 Å². The number of amides is 2. The van der Waals surface area contributed by atoms with Crippen molar-refractivity contribution in [2.45, 2.75) is 40.0 Å². The van der Waals surface area contributed by atoms with Crippen LogP contribution in [0.4, 0.5) is 10.7 Å². The van der Waals surface area contributed by atoms with Crippen LogP contribution < -0.4 is 15.4 Å². The maximum absolute atomic E-state index is 13.4. The largest absolute Gasteiger partial charge is 0.497 e. The zero-order valence-corrected chi connectivity index (χ0v) is 20.2. The lowest BCUT2D eigenvalue weighted by molar-refractivity contribution is 0.102. The number of nitrogens with zero attached hydrogens (tertiary/aromatic N) is 1. The monoisotopic (exact) mass is 463 g/mol. The van der Waals surface area contributed by atoms with Gasteiger partial charge in [0.05, 0.1) is 18.2 Å². The van der Waals surface area contributed by atoms with Gasteiger partial charge in [-0.2, -0.15) is 0 Å². The zero-order chi connectivity index (χ0) is 23.6. The molecule has 1 aliphatic carbocycles. The normalized spacial score (nSPS) is 15.5. The molecule has 7 heteroatoms. The van der Waals surface area contributed by atoms with Crippen molar-refractivity contribution in [3.05, 3.63) is 70.4 Å². The first-order valence-electron chi connectivity index (χ1n) is 11.1. The number of pyridine rings is 1. The van der Waals surface area contributed by atoms with Gasteiger partial charge < -0.3 is 15.4 Å². The lowest BCUT2D eigenvalue weighted by Gasteiger charge is -2.33. The van der Waals surface area contributed by atoms with Crippen LogP contribution in [0.3, 0.4) is 0 Å². The third kappa shape index (κ3) is 5.09. The summed E-state index contributed by atoms with van der Waals surface area (Å²) >= 11 is 1.52. The van der Waals surface area contributed by atoms with Crippen LogP contribution in [0.2, 0.25) is 0 Å². The lowest BCUT2D eigenvalue weighted by Crippen LogP contribution is -2.27. The standard InChI is InChI=1S/C26H29N3O3S/c1-26(2,3)17-7-12-20-21(14-17)33-25(29-23(30)16-6-5-13-27-15-16)22(20)24(31)28-18-8-10-19(32-4)11-9-18/h5-6,8-11,13,15,17H,7,12,14H2,1-4H3,(H,28,31)(H,29,30). The summed E-state index contributed by atoms with van der Waals surface area (Å²) in [5, 5.41) is 6.56. The highest BCUT2D eigenvalue weighted by Crippen LogP contribution is 2.44. The topological polar surface area (TPSA) is 80.3 Å². The van der Waals surface area contributed by atoms with Crippen LogP contribution in [0.15, 0.2) is 48.8 Å². The predicted molar refractivity (Wildman–Crippen MR) is 132 cm³/mol. The van der Waals surface area contributed by atoms with E-state index in [9.17, 15) is 9.59 Å². The summed E-state index contributed by atoms with van der Waals surface area (Å²) in [5.74, 6) is 0.766. The number of methoxy groups -OCH3 is 1. The average molecular weight is 464 g/mol. The summed E-state index contributed by atoms with van der Waals surface area (Å²) in [7, 11) is 1.60. The fourth-order valence-electron chi connectivity index (χ4n) is 4.19. The van der Waals surface area contributed by atoms with Gasteiger partial charge in [-0.15, -0.1) is 11.3 Å². The Morgan fingerprint density at radius 2 is 1.85 bits per heavy atom. The number of anilines is 2. The van der Waals surface area contributed by atoms with Crippen molar-refractivity contribution in [3.8, 4) is 5.75 Å². The molecule has 6 nitrogen and oxygen atoms in total. The van der Waals surface area contributed by atoms with E-state index < -0.39 is 0 Å². The number of fused-ring (bicyclic) bond motifs is 1. The van der Waals surface area contributed by atoms with E-state index in [4.69, 9.17) is 4.74 Å². The average Bonchev–Trinajstić information content (AvgIpc) is 3.16. The van der Waals surface area contributed by atoms with E-state index in [-0.39, 0.29) is 17.2 Å². The molecule has 2 amide bonds. The highest BCUT2D eigenvalue weighted by atomic mass is 32.1. The molecule has 0 radical (unpaired) electrons. The number of hydrogen-bond donors (Lipinski definition) is 2. The summed E-state index contributed by atoms with van der Waals surface area (Å²) in [5.41, 5.74) is 2.93. The van der Waals surface area contributed by atoms with Gasteiger partial charge in [0.25, 0.3) is 11.8 Å². The van der Waals surface area contributed by atoms with Gasteiger partial charge in [0.15, 0.2) is 0 Å². The van der Waals surface area contributed by atoms with Gasteiger partial charge in [0.2, 0.25) is 0 Å². The van der Waals surface area contributed by atoms with Crippen LogP contribution in [0, 0.1) is 11.3 Å². The van der Waals surface area contributed by atoms with E-state index in [1.165, 1.54) is 22.4 Å². The molecule has 0 bridgehead atoms. The molecule has 33 heavy (non-hydrogen) atoms. The van der Waals surface area contributed by atoms with Gasteiger partial charge in [0, 0.05) is 23.0 Å². The number of carbonyl (C=O) groups is 2. The Labute approximate surface area is 198 Å². The number of aromatic nitrogens is 1. The number of carbonyl (C=O) groups excluding carboxylic acids is 2. The van der Waals surface area contributed by atoms with Gasteiger partial charge in [-0.05, 0) is 72.6 Å². The van der Waals surface area contributed by atoms with Crippen molar-refractivity contribution in [3.63, 3.8) is 0 Å². The molecule has 0 spiro atoms. The highest BCUT2D eigenvalue weighted by molar-refractivity contribution is 7.17. The Hall–Kier alpha value is -3.19. The SMILES string of the molecule is COc1ccc(NC(=O)c2c(NC(=O)c3cccnc3)sc3c2CCC(C(C)(C)C)C3)cc1. The molecular formula is C26H29N3O3S. The van der Waals surface area contributed by atoms with E-state index in [1.807, 2.05) is 0 Å². The van der Waals surface area contributed by atoms with E-state index in [0.29, 0.717) is 27.7 Å². The van der Waals surface area contributed by atoms with Crippen LogP contribution >= 0.6 is 11.3 Å². The second-order valence-electron chi connectivity index (χ2n) is 9.39. The second-order valence-corrected chi connectivity index (χ2v) is 10.5. The van der Waals surface area contributed by atoms with E-state index in [2.05, 4.69) is 36.4 Å². The van der Waals surface area contributed by atoms with Crippen molar-refractivity contribution >= 4 is 33.8 Å². The first-order chi connectivity index (χ1) is 15.8. The van der Waals surface area contributed by atoms with E-state index >= 15 is 0 Å². The number of thiophene rings is 1. The summed E-state index contributed by atoms with van der Waals surface area (Å²) in [6, 6.07) is 10.6. The third-order valence-corrected chi connectivity index (χ3v) is 7.39. The maximum atomic E-state index is 13.4. The molecule has 0 fully saturated rings. The summed E-state index contributed by atoms with van der Waals surface area (Å²) < 4.78 is 5.20. The van der Waals surface area contributed by atoms with Gasteiger partial charge in [-0.1, -0.05) is 20.8 Å². The van der Waals surface area contributed by atoms with Gasteiger partial charge in [0.1, 0.15) is 10.8 Å². The molecule has 1 aliphatic rings. The van der Waals surface area contributed by atoms with Crippen molar-refractivity contribution in [2.75, 3.05) is 17.7 Å². The van der Waals surface area contributed by atoms with Crippen molar-refractivity contribution in [1.82, 2.24) is 4.98 Å². The number of nitrogens with one attached hydrogen (secondary N) is 2. The first kappa shape index (κ1) is 23.0. The number of rotatable bonds is 5. The minimum Gasteiger partial charge on any atom is -0.497 e. The minimum atomic E-state index is -0.271. The third-order valence-electron chi connectivity index (χ3n) is 6.22. The van der Waals surface area contributed by atoms with Crippen molar-refractivity contribution in [2.24, 2.45) is 11.3 Å². The van der Waals surface area contributed by atoms with Gasteiger partial charge in [-0.3, -0.25) is 14.6 Å². The molecule has 0 aliphatic heterocycles. The van der Waals surface area contributed by atoms with Crippen LogP contribution in [0.5, 0.6) is 5.75 Å². The minimum absolute atomic E-state index is 0.187. The molecule has 2 aromatic heterocycles. The fourth-order valence-corrected chi connectivity index (χ4v) is 5.51. The van der Waals surface area contributed by atoms with Gasteiger partial charge >= 0.3 is 0 Å². The molecule has 2 N–H and O–H groups in total. The van der Waals surface area contributed by atoms with Crippen LogP contribution in [0.1, 0.15) is 58.3 Å². The Morgan fingerprint density at radius 3 is 2.48 bits per heavy atom. The Balaban J connectivity index is 1.66. The first-order valence-corrected chi connectivity index (χ1v) is 11.9. The molecule has 1 unspecified atom stereocenters. The maximum Gasteiger partial charge on any atom is 0.258 e. The molecule has 1 aromatic carbocycles. The second kappa shape index (κ2) is 9.35. The Bertz CT molecular complexity index is 1150. The van der Waals surface area contributed by atoms with E-state index in [0.717, 1.165) is 30.6 Å². The molecule has 2 heterocycles. The molecule has 172 valence electrons. The van der Waals surface area contributed by atoms with Crippen molar-refractivity contribution in [1.29, 1.82) is 0 Å². The number of ether oxygens (including phenoxy) is 1. The smallest absolute Gasteiger partial charge is 0.258 e. The highest BCUT2D eigenvalue weighted by Gasteiger charge is 2.34. The predicted octanol–water partition coefficient (Wildman–Crippen LogP) is 5.81. The molecule has 0 saturated carbocycles. The Kier molecular flexibility index (Phi) is 6.51. The molecule has 1 atom stereocenters. The molecule has 0 saturated heterocycles. The lowest BCUT2D eigenvalue weighted by atomic mass is 9.72. The van der Waals surface area contributed by atoms with Crippen LogP contribution in [-0.4, -0.2) is 23.9 Å². The fraction of sp³-hybridized carbons (Fsp3) is 0.346.